The molecule has 2 heterocycles. The van der Waals surface area contributed by atoms with Crippen molar-refractivity contribution in [2.75, 3.05) is 11.6 Å². The summed E-state index contributed by atoms with van der Waals surface area (Å²) in [4.78, 5) is 8.29. The van der Waals surface area contributed by atoms with E-state index in [2.05, 4.69) is 15.3 Å². The van der Waals surface area contributed by atoms with E-state index in [0.29, 0.717) is 16.0 Å². The lowest BCUT2D eigenvalue weighted by molar-refractivity contribution is 0.247. The number of nitrogens with one attached hydrogen (secondary N) is 1. The standard InChI is InChI=1S/C8H8ClN3OS/c1-14-8-10-3-4-2-5(9)7(13)11-6(4)12-8/h2-3,7,13H,1H3,(H,10,11,12). The van der Waals surface area contributed by atoms with E-state index in [4.69, 9.17) is 11.6 Å². The Hall–Kier alpha value is -0.780. The van der Waals surface area contributed by atoms with E-state index in [1.165, 1.54) is 11.8 Å². The van der Waals surface area contributed by atoms with Crippen LogP contribution in [0.15, 0.2) is 16.4 Å². The van der Waals surface area contributed by atoms with Gasteiger partial charge in [-0.1, -0.05) is 23.4 Å². The number of aromatic nitrogens is 2. The number of thioether (sulfide) groups is 1. The number of fused-ring (bicyclic) bond motifs is 1. The van der Waals surface area contributed by atoms with Crippen LogP contribution in [0.2, 0.25) is 0 Å². The fourth-order valence-electron chi connectivity index (χ4n) is 1.12. The molecule has 1 aromatic heterocycles. The molecule has 6 heteroatoms. The highest BCUT2D eigenvalue weighted by atomic mass is 35.5. The molecule has 1 unspecified atom stereocenters. The molecule has 1 atom stereocenters. The first-order chi connectivity index (χ1) is 6.70. The van der Waals surface area contributed by atoms with Crippen LogP contribution in [0, 0.1) is 0 Å². The number of rotatable bonds is 1. The maximum absolute atomic E-state index is 9.41. The van der Waals surface area contributed by atoms with Gasteiger partial charge in [-0.25, -0.2) is 9.97 Å². The van der Waals surface area contributed by atoms with Gasteiger partial charge < -0.3 is 10.4 Å². The monoisotopic (exact) mass is 229 g/mol. The van der Waals surface area contributed by atoms with Gasteiger partial charge in [0.25, 0.3) is 0 Å². The Morgan fingerprint density at radius 1 is 1.64 bits per heavy atom. The molecule has 0 saturated carbocycles. The summed E-state index contributed by atoms with van der Waals surface area (Å²) in [5.41, 5.74) is 0.790. The van der Waals surface area contributed by atoms with Crippen LogP contribution in [0.4, 0.5) is 5.82 Å². The molecule has 0 amide bonds. The third-order valence-electron chi connectivity index (χ3n) is 1.81. The molecule has 1 aliphatic heterocycles. The Bertz CT molecular complexity index is 396. The highest BCUT2D eigenvalue weighted by Gasteiger charge is 2.18. The summed E-state index contributed by atoms with van der Waals surface area (Å²) < 4.78 is 0. The van der Waals surface area contributed by atoms with Crippen LogP contribution >= 0.6 is 23.4 Å². The second-order valence-electron chi connectivity index (χ2n) is 2.74. The van der Waals surface area contributed by atoms with E-state index in [0.717, 1.165) is 5.56 Å². The van der Waals surface area contributed by atoms with Gasteiger partial charge in [0.1, 0.15) is 5.82 Å². The third-order valence-corrected chi connectivity index (χ3v) is 2.68. The number of hydrogen-bond donors (Lipinski definition) is 2. The summed E-state index contributed by atoms with van der Waals surface area (Å²) in [7, 11) is 0. The SMILES string of the molecule is CSc1ncc2c(n1)NC(O)C(Cl)=C2. The summed E-state index contributed by atoms with van der Waals surface area (Å²) in [6, 6.07) is 0. The number of anilines is 1. The van der Waals surface area contributed by atoms with Crippen molar-refractivity contribution in [1.82, 2.24) is 9.97 Å². The lowest BCUT2D eigenvalue weighted by Crippen LogP contribution is -2.23. The van der Waals surface area contributed by atoms with Gasteiger partial charge in [0.05, 0.1) is 5.03 Å². The average molecular weight is 230 g/mol. The van der Waals surface area contributed by atoms with Gasteiger partial charge in [0.15, 0.2) is 11.4 Å². The number of hydrogen-bond acceptors (Lipinski definition) is 5. The Kier molecular flexibility index (Phi) is 2.62. The molecule has 0 aromatic carbocycles. The zero-order valence-electron chi connectivity index (χ0n) is 7.36. The summed E-state index contributed by atoms with van der Waals surface area (Å²) in [6.07, 6.45) is 4.36. The van der Waals surface area contributed by atoms with Crippen LogP contribution in [-0.4, -0.2) is 27.6 Å². The topological polar surface area (TPSA) is 58.0 Å². The number of aliphatic hydroxyl groups is 1. The Morgan fingerprint density at radius 2 is 2.43 bits per heavy atom. The van der Waals surface area contributed by atoms with Crippen LogP contribution in [0.25, 0.3) is 6.08 Å². The first-order valence-electron chi connectivity index (χ1n) is 3.93. The van der Waals surface area contributed by atoms with Crippen molar-refractivity contribution in [2.45, 2.75) is 11.4 Å². The normalized spacial score (nSPS) is 19.6. The summed E-state index contributed by atoms with van der Waals surface area (Å²) in [5.74, 6) is 0.612. The zero-order valence-corrected chi connectivity index (χ0v) is 8.93. The highest BCUT2D eigenvalue weighted by Crippen LogP contribution is 2.26. The van der Waals surface area contributed by atoms with Gasteiger partial charge in [0.2, 0.25) is 0 Å². The largest absolute Gasteiger partial charge is 0.369 e. The Morgan fingerprint density at radius 3 is 3.14 bits per heavy atom. The molecule has 1 aliphatic rings. The number of halogens is 1. The van der Waals surface area contributed by atoms with Gasteiger partial charge in [-0.05, 0) is 12.3 Å². The molecular weight excluding hydrogens is 222 g/mol. The van der Waals surface area contributed by atoms with Crippen LogP contribution in [-0.2, 0) is 0 Å². The van der Waals surface area contributed by atoms with Crippen LogP contribution in [0.3, 0.4) is 0 Å². The maximum atomic E-state index is 9.41. The van der Waals surface area contributed by atoms with E-state index in [1.807, 2.05) is 6.26 Å². The molecule has 0 radical (unpaired) electrons. The maximum Gasteiger partial charge on any atom is 0.189 e. The van der Waals surface area contributed by atoms with E-state index in [9.17, 15) is 5.11 Å². The van der Waals surface area contributed by atoms with E-state index < -0.39 is 6.23 Å². The third kappa shape index (κ3) is 1.70. The van der Waals surface area contributed by atoms with Gasteiger partial charge in [-0.3, -0.25) is 0 Å². The van der Waals surface area contributed by atoms with Crippen molar-refractivity contribution in [3.05, 3.63) is 16.8 Å². The predicted octanol–water partition coefficient (Wildman–Crippen LogP) is 1.52. The molecular formula is C8H8ClN3OS. The molecule has 0 bridgehead atoms. The first-order valence-corrected chi connectivity index (χ1v) is 5.53. The predicted molar refractivity (Wildman–Crippen MR) is 57.3 cm³/mol. The second kappa shape index (κ2) is 3.76. The van der Waals surface area contributed by atoms with Crippen LogP contribution in [0.1, 0.15) is 5.56 Å². The molecule has 0 aliphatic carbocycles. The van der Waals surface area contributed by atoms with Crippen molar-refractivity contribution in [3.8, 4) is 0 Å². The van der Waals surface area contributed by atoms with Crippen molar-refractivity contribution in [3.63, 3.8) is 0 Å². The van der Waals surface area contributed by atoms with Gasteiger partial charge in [-0.2, -0.15) is 0 Å². The van der Waals surface area contributed by atoms with Gasteiger partial charge in [-0.15, -0.1) is 0 Å². The molecule has 1 aromatic rings. The molecule has 0 saturated heterocycles. The van der Waals surface area contributed by atoms with Crippen molar-refractivity contribution >= 4 is 35.3 Å². The fraction of sp³-hybridized carbons (Fsp3) is 0.250. The molecule has 4 nitrogen and oxygen atoms in total. The minimum absolute atomic E-state index is 0.345. The highest BCUT2D eigenvalue weighted by molar-refractivity contribution is 7.98. The molecule has 0 spiro atoms. The smallest absolute Gasteiger partial charge is 0.189 e. The van der Waals surface area contributed by atoms with Crippen molar-refractivity contribution in [1.29, 1.82) is 0 Å². The Balaban J connectivity index is 2.44. The molecule has 0 fully saturated rings. The lowest BCUT2D eigenvalue weighted by Gasteiger charge is -2.19. The van der Waals surface area contributed by atoms with Crippen LogP contribution < -0.4 is 5.32 Å². The summed E-state index contributed by atoms with van der Waals surface area (Å²) in [6.45, 7) is 0. The minimum atomic E-state index is -0.867. The van der Waals surface area contributed by atoms with E-state index >= 15 is 0 Å². The van der Waals surface area contributed by atoms with E-state index in [-0.39, 0.29) is 0 Å². The van der Waals surface area contributed by atoms with Gasteiger partial charge >= 0.3 is 0 Å². The fourth-order valence-corrected chi connectivity index (χ4v) is 1.63. The quantitative estimate of drug-likeness (QED) is 0.565. The van der Waals surface area contributed by atoms with Crippen LogP contribution in [0.5, 0.6) is 0 Å². The molecule has 2 N–H and O–H groups in total. The first kappa shape index (κ1) is 9.76. The van der Waals surface area contributed by atoms with Gasteiger partial charge in [0, 0.05) is 11.8 Å². The van der Waals surface area contributed by atoms with Crippen molar-refractivity contribution < 1.29 is 5.11 Å². The number of nitrogens with zero attached hydrogens (tertiary/aromatic N) is 2. The molecule has 2 rings (SSSR count). The summed E-state index contributed by atoms with van der Waals surface area (Å²) >= 11 is 7.20. The average Bonchev–Trinajstić information content (AvgIpc) is 2.19. The summed E-state index contributed by atoms with van der Waals surface area (Å²) in [5, 5.41) is 13.2. The second-order valence-corrected chi connectivity index (χ2v) is 3.95. The lowest BCUT2D eigenvalue weighted by atomic mass is 10.2. The van der Waals surface area contributed by atoms with Crippen molar-refractivity contribution in [2.24, 2.45) is 0 Å². The minimum Gasteiger partial charge on any atom is -0.369 e. The van der Waals surface area contributed by atoms with E-state index in [1.54, 1.807) is 12.3 Å². The molecule has 14 heavy (non-hydrogen) atoms. The molecule has 74 valence electrons. The zero-order chi connectivity index (χ0) is 10.1. The number of aliphatic hydroxyl groups excluding tert-OH is 1. The Labute approximate surface area is 90.4 Å².